The number of halogens is 1. The Balaban J connectivity index is 1.43. The maximum absolute atomic E-state index is 14.1. The van der Waals surface area contributed by atoms with E-state index in [-0.39, 0.29) is 29.7 Å². The Morgan fingerprint density at radius 1 is 1.37 bits per heavy atom. The van der Waals surface area contributed by atoms with Gasteiger partial charge < -0.3 is 10.1 Å². The number of hydrogen-bond donors (Lipinski definition) is 2. The van der Waals surface area contributed by atoms with Crippen molar-refractivity contribution in [2.45, 2.75) is 18.6 Å². The zero-order valence-corrected chi connectivity index (χ0v) is 16.8. The van der Waals surface area contributed by atoms with Gasteiger partial charge in [0.15, 0.2) is 0 Å². The highest BCUT2D eigenvalue weighted by Crippen LogP contribution is 2.32. The van der Waals surface area contributed by atoms with Gasteiger partial charge in [0.25, 0.3) is 10.2 Å². The molecule has 1 aromatic heterocycles. The number of aromatic nitrogens is 1. The number of rotatable bonds is 4. The third-order valence-electron chi connectivity index (χ3n) is 4.99. The number of hydroxylamine groups is 1. The molecule has 0 radical (unpaired) electrons. The molecule has 2 N–H and O–H groups in total. The monoisotopic (exact) mass is 437 g/mol. The number of ether oxygens (including phenoxy) is 1. The summed E-state index contributed by atoms with van der Waals surface area (Å²) >= 11 is 0. The predicted octanol–water partition coefficient (Wildman–Crippen LogP) is 1.66. The van der Waals surface area contributed by atoms with Gasteiger partial charge in [0.1, 0.15) is 17.7 Å². The number of amides is 2. The average molecular weight is 437 g/mol. The van der Waals surface area contributed by atoms with Crippen LogP contribution >= 0.6 is 0 Å². The smallest absolute Gasteiger partial charge is 0.350 e. The maximum atomic E-state index is 14.1. The summed E-state index contributed by atoms with van der Waals surface area (Å²) in [6, 6.07) is 5.57. The molecule has 2 aliphatic heterocycles. The molecule has 10 nitrogen and oxygen atoms in total. The van der Waals surface area contributed by atoms with Crippen LogP contribution in [0.2, 0.25) is 0 Å². The van der Waals surface area contributed by atoms with Gasteiger partial charge in [-0.2, -0.15) is 22.1 Å². The Kier molecular flexibility index (Phi) is 5.32. The second-order valence-corrected chi connectivity index (χ2v) is 9.10. The van der Waals surface area contributed by atoms with E-state index in [1.54, 1.807) is 6.07 Å². The van der Waals surface area contributed by atoms with Crippen LogP contribution in [0.1, 0.15) is 6.42 Å². The molecule has 2 atom stereocenters. The van der Waals surface area contributed by atoms with Crippen molar-refractivity contribution in [1.29, 1.82) is 0 Å². The lowest BCUT2D eigenvalue weighted by Crippen LogP contribution is -2.34. The molecule has 160 valence electrons. The number of nitrogens with one attached hydrogen (secondary N) is 1. The molecule has 2 amide bonds. The second kappa shape index (κ2) is 7.80. The van der Waals surface area contributed by atoms with Crippen LogP contribution in [-0.2, 0) is 10.2 Å². The lowest BCUT2D eigenvalue weighted by Gasteiger charge is -2.18. The molecule has 30 heavy (non-hydrogen) atoms. The number of carbonyl (C=O) groups is 1. The van der Waals surface area contributed by atoms with Crippen LogP contribution in [0.4, 0.5) is 20.6 Å². The fourth-order valence-electron chi connectivity index (χ4n) is 3.62. The van der Waals surface area contributed by atoms with Crippen LogP contribution in [0.5, 0.6) is 5.75 Å². The van der Waals surface area contributed by atoms with Gasteiger partial charge in [0, 0.05) is 50.1 Å². The molecule has 0 unspecified atom stereocenters. The molecule has 12 heteroatoms. The number of anilines is 2. The third-order valence-corrected chi connectivity index (χ3v) is 6.97. The van der Waals surface area contributed by atoms with Gasteiger partial charge in [-0.3, -0.25) is 10.2 Å². The number of benzene rings is 1. The molecule has 2 fully saturated rings. The number of fused-ring (bicyclic) bond motifs is 1. The zero-order chi connectivity index (χ0) is 21.5. The highest BCUT2D eigenvalue weighted by molar-refractivity contribution is 7.87. The first-order valence-corrected chi connectivity index (χ1v) is 10.5. The lowest BCUT2D eigenvalue weighted by atomic mass is 10.2. The summed E-state index contributed by atoms with van der Waals surface area (Å²) in [5.74, 6) is -0.507. The Morgan fingerprint density at radius 2 is 2.17 bits per heavy atom. The quantitative estimate of drug-likeness (QED) is 0.555. The van der Waals surface area contributed by atoms with E-state index in [9.17, 15) is 22.8 Å². The van der Waals surface area contributed by atoms with Crippen molar-refractivity contribution in [2.75, 3.05) is 30.5 Å². The summed E-state index contributed by atoms with van der Waals surface area (Å²) < 4.78 is 47.0. The minimum atomic E-state index is -3.48. The van der Waals surface area contributed by atoms with E-state index in [0.717, 1.165) is 12.1 Å². The topological polar surface area (TPSA) is 115 Å². The van der Waals surface area contributed by atoms with Crippen LogP contribution in [0.25, 0.3) is 0 Å². The summed E-state index contributed by atoms with van der Waals surface area (Å²) in [5, 5.41) is 12.7. The van der Waals surface area contributed by atoms with Crippen LogP contribution in [0, 0.1) is 5.82 Å². The molecule has 0 saturated carbocycles. The minimum absolute atomic E-state index is 0.0730. The Hall–Kier alpha value is -2.80. The van der Waals surface area contributed by atoms with Crippen molar-refractivity contribution in [2.24, 2.45) is 0 Å². The van der Waals surface area contributed by atoms with E-state index < -0.39 is 28.2 Å². The third kappa shape index (κ3) is 3.94. The standard InChI is InChI=1S/C18H20FN5O5S/c1-22-10-15-8-17(11-23(15)30(22,27)28)29-16-6-12(19)5-13(7-16)21-18(25)24(26)14-3-2-4-20-9-14/h2-7,9,15,17,26H,8,10-11H2,1H3,(H,21,25)/t15-,17+/m0/s1. The van der Waals surface area contributed by atoms with Crippen molar-refractivity contribution >= 4 is 27.6 Å². The number of hydrogen-bond acceptors (Lipinski definition) is 6. The van der Waals surface area contributed by atoms with Crippen molar-refractivity contribution in [1.82, 2.24) is 13.6 Å². The minimum Gasteiger partial charge on any atom is -0.489 e. The van der Waals surface area contributed by atoms with Crippen molar-refractivity contribution < 1.29 is 27.5 Å². The van der Waals surface area contributed by atoms with Crippen LogP contribution in [-0.4, -0.2) is 65.5 Å². The average Bonchev–Trinajstić information content (AvgIpc) is 3.18. The summed E-state index contributed by atoms with van der Waals surface area (Å²) in [6.45, 7) is 0.550. The first-order valence-electron chi connectivity index (χ1n) is 9.14. The lowest BCUT2D eigenvalue weighted by molar-refractivity contribution is 0.211. The zero-order valence-electron chi connectivity index (χ0n) is 16.0. The molecule has 2 aliphatic rings. The molecule has 0 aliphatic carbocycles. The van der Waals surface area contributed by atoms with Gasteiger partial charge in [0.2, 0.25) is 0 Å². The fraction of sp³-hybridized carbons (Fsp3) is 0.333. The van der Waals surface area contributed by atoms with E-state index in [2.05, 4.69) is 10.3 Å². The highest BCUT2D eigenvalue weighted by atomic mass is 32.2. The first-order chi connectivity index (χ1) is 14.2. The van der Waals surface area contributed by atoms with Crippen molar-refractivity contribution in [3.8, 4) is 5.75 Å². The molecule has 0 spiro atoms. The van der Waals surface area contributed by atoms with Gasteiger partial charge in [-0.1, -0.05) is 0 Å². The Bertz CT molecular complexity index is 1050. The van der Waals surface area contributed by atoms with Crippen LogP contribution < -0.4 is 15.1 Å². The highest BCUT2D eigenvalue weighted by Gasteiger charge is 2.48. The van der Waals surface area contributed by atoms with Gasteiger partial charge in [-0.25, -0.2) is 9.18 Å². The maximum Gasteiger partial charge on any atom is 0.350 e. The summed E-state index contributed by atoms with van der Waals surface area (Å²) in [4.78, 5) is 16.0. The van der Waals surface area contributed by atoms with E-state index >= 15 is 0 Å². The molecule has 1 aromatic carbocycles. The molecule has 4 rings (SSSR count). The molecular formula is C18H20FN5O5S. The normalized spacial score (nSPS) is 23.2. The van der Waals surface area contributed by atoms with Crippen molar-refractivity contribution in [3.05, 3.63) is 48.5 Å². The Morgan fingerprint density at radius 3 is 2.87 bits per heavy atom. The molecule has 0 bridgehead atoms. The van der Waals surface area contributed by atoms with E-state index in [1.165, 1.54) is 40.2 Å². The SMILES string of the molecule is CN1C[C@@H]2C[C@@H](Oc3cc(F)cc(NC(=O)N(O)c4cccnc4)c3)CN2S1(=O)=O. The number of carbonyl (C=O) groups excluding carboxylic acids is 1. The number of urea groups is 1. The first kappa shape index (κ1) is 20.5. The largest absolute Gasteiger partial charge is 0.489 e. The summed E-state index contributed by atoms with van der Waals surface area (Å²) in [5.41, 5.74) is 0.212. The summed E-state index contributed by atoms with van der Waals surface area (Å²) in [6.07, 6.45) is 2.82. The van der Waals surface area contributed by atoms with Gasteiger partial charge in [-0.05, 0) is 18.2 Å². The summed E-state index contributed by atoms with van der Waals surface area (Å²) in [7, 11) is -1.95. The van der Waals surface area contributed by atoms with E-state index in [4.69, 9.17) is 4.74 Å². The number of likely N-dealkylation sites (N-methyl/N-ethyl adjacent to an activating group) is 1. The van der Waals surface area contributed by atoms with E-state index in [1.807, 2.05) is 0 Å². The molecule has 2 aromatic rings. The van der Waals surface area contributed by atoms with Gasteiger partial charge in [-0.15, -0.1) is 0 Å². The predicted molar refractivity (Wildman–Crippen MR) is 105 cm³/mol. The fourth-order valence-corrected chi connectivity index (χ4v) is 5.22. The van der Waals surface area contributed by atoms with Crippen LogP contribution in [0.3, 0.4) is 0 Å². The Labute approximate surface area is 172 Å². The molecule has 3 heterocycles. The van der Waals surface area contributed by atoms with Gasteiger partial charge >= 0.3 is 6.03 Å². The van der Waals surface area contributed by atoms with Crippen LogP contribution in [0.15, 0.2) is 42.7 Å². The number of nitrogens with zero attached hydrogens (tertiary/aromatic N) is 4. The molecule has 2 saturated heterocycles. The molecular weight excluding hydrogens is 417 g/mol. The van der Waals surface area contributed by atoms with E-state index in [0.29, 0.717) is 18.0 Å². The second-order valence-electron chi connectivity index (χ2n) is 7.12. The van der Waals surface area contributed by atoms with Gasteiger partial charge in [0.05, 0.1) is 18.4 Å². The number of pyridine rings is 1. The van der Waals surface area contributed by atoms with Crippen molar-refractivity contribution in [3.63, 3.8) is 0 Å².